The fourth-order valence-corrected chi connectivity index (χ4v) is 2.40. The van der Waals surface area contributed by atoms with E-state index in [9.17, 15) is 9.59 Å². The Morgan fingerprint density at radius 2 is 1.54 bits per heavy atom. The minimum absolute atomic E-state index is 0.233. The zero-order valence-electron chi connectivity index (χ0n) is 15.0. The van der Waals surface area contributed by atoms with Crippen molar-refractivity contribution in [2.45, 2.75) is 32.9 Å². The van der Waals surface area contributed by atoms with Crippen LogP contribution in [0.15, 0.2) is 49.1 Å². The van der Waals surface area contributed by atoms with Crippen molar-refractivity contribution >= 4 is 11.9 Å². The number of carbonyl (C=O) groups is 2. The standard InChI is InChI=1S/C20H21N2O4/c1-4-26-20(25)16(3)22-13-9-18(10-14-22)17-7-11-21(12-8-17)15(2)5-6-19(23)24/h7-16H,4H2,1-3H3/q+1/p+1. The SMILES string of the molecule is CCOC(=O)C(C)[n+]1ccc(-c2cc[n+](C(C)C#CC(=O)O)cc2)cc1. The molecule has 0 fully saturated rings. The van der Waals surface area contributed by atoms with Gasteiger partial charge in [0.2, 0.25) is 6.04 Å². The Balaban J connectivity index is 2.13. The first-order valence-corrected chi connectivity index (χ1v) is 8.35. The number of nitrogens with zero attached hydrogens (tertiary/aromatic N) is 2. The monoisotopic (exact) mass is 354 g/mol. The number of hydrogen-bond donors (Lipinski definition) is 1. The molecule has 1 N–H and O–H groups in total. The van der Waals surface area contributed by atoms with Crippen molar-refractivity contribution in [3.05, 3.63) is 49.1 Å². The van der Waals surface area contributed by atoms with Gasteiger partial charge in [0.05, 0.1) is 6.61 Å². The number of aliphatic carboxylic acids is 1. The average molecular weight is 354 g/mol. The van der Waals surface area contributed by atoms with Crippen LogP contribution in [-0.2, 0) is 14.3 Å². The molecule has 0 aliphatic heterocycles. The molecule has 0 amide bonds. The second-order valence-corrected chi connectivity index (χ2v) is 5.75. The molecule has 2 aromatic rings. The van der Waals surface area contributed by atoms with Crippen molar-refractivity contribution in [2.75, 3.05) is 6.61 Å². The van der Waals surface area contributed by atoms with Crippen LogP contribution in [0, 0.1) is 11.8 Å². The molecule has 0 saturated carbocycles. The third-order valence-corrected chi connectivity index (χ3v) is 3.95. The molecule has 2 heterocycles. The molecule has 0 saturated heterocycles. The number of carboxylic acid groups (broad SMARTS) is 1. The highest BCUT2D eigenvalue weighted by molar-refractivity contribution is 5.86. The van der Waals surface area contributed by atoms with Crippen LogP contribution in [0.4, 0.5) is 0 Å². The fourth-order valence-electron chi connectivity index (χ4n) is 2.40. The number of pyridine rings is 2. The Labute approximate surface area is 152 Å². The Morgan fingerprint density at radius 1 is 1.04 bits per heavy atom. The molecule has 26 heavy (non-hydrogen) atoms. The molecule has 2 aromatic heterocycles. The topological polar surface area (TPSA) is 71.4 Å². The molecule has 0 spiro atoms. The van der Waals surface area contributed by atoms with E-state index in [0.29, 0.717) is 6.61 Å². The molecular formula is C20H22N2O4+2. The number of rotatable bonds is 5. The van der Waals surface area contributed by atoms with Crippen molar-refractivity contribution in [2.24, 2.45) is 0 Å². The minimum Gasteiger partial charge on any atom is -0.472 e. The van der Waals surface area contributed by atoms with Gasteiger partial charge in [-0.2, -0.15) is 9.13 Å². The van der Waals surface area contributed by atoms with E-state index in [1.54, 1.807) is 18.4 Å². The lowest BCUT2D eigenvalue weighted by Crippen LogP contribution is -2.42. The molecule has 134 valence electrons. The predicted octanol–water partition coefficient (Wildman–Crippen LogP) is 1.70. The van der Waals surface area contributed by atoms with Gasteiger partial charge in [0.15, 0.2) is 24.8 Å². The summed E-state index contributed by atoms with van der Waals surface area (Å²) in [4.78, 5) is 22.3. The molecule has 2 unspecified atom stereocenters. The number of carboxylic acids is 1. The van der Waals surface area contributed by atoms with Crippen molar-refractivity contribution < 1.29 is 28.6 Å². The maximum Gasteiger partial charge on any atom is 0.382 e. The van der Waals surface area contributed by atoms with E-state index in [4.69, 9.17) is 9.84 Å². The first kappa shape index (κ1) is 19.1. The molecule has 0 aliphatic carbocycles. The highest BCUT2D eigenvalue weighted by atomic mass is 16.5. The van der Waals surface area contributed by atoms with Crippen LogP contribution in [0.3, 0.4) is 0 Å². The van der Waals surface area contributed by atoms with Gasteiger partial charge < -0.3 is 9.84 Å². The summed E-state index contributed by atoms with van der Waals surface area (Å²) in [6.07, 6.45) is 7.41. The van der Waals surface area contributed by atoms with Crippen LogP contribution in [0.5, 0.6) is 0 Å². The van der Waals surface area contributed by atoms with Crippen molar-refractivity contribution in [3.63, 3.8) is 0 Å². The van der Waals surface area contributed by atoms with E-state index in [-0.39, 0.29) is 18.1 Å². The van der Waals surface area contributed by atoms with Gasteiger partial charge in [0.25, 0.3) is 6.04 Å². The van der Waals surface area contributed by atoms with Crippen LogP contribution >= 0.6 is 0 Å². The maximum atomic E-state index is 11.8. The van der Waals surface area contributed by atoms with Crippen LogP contribution in [0.25, 0.3) is 11.1 Å². The van der Waals surface area contributed by atoms with Gasteiger partial charge in [-0.1, -0.05) is 0 Å². The third kappa shape index (κ3) is 4.90. The molecular weight excluding hydrogens is 332 g/mol. The summed E-state index contributed by atoms with van der Waals surface area (Å²) in [5.41, 5.74) is 2.02. The summed E-state index contributed by atoms with van der Waals surface area (Å²) >= 11 is 0. The summed E-state index contributed by atoms with van der Waals surface area (Å²) in [6.45, 7) is 5.77. The lowest BCUT2D eigenvalue weighted by Gasteiger charge is -2.07. The Hall–Kier alpha value is -3.20. The van der Waals surface area contributed by atoms with E-state index in [2.05, 4.69) is 11.8 Å². The minimum atomic E-state index is -1.14. The summed E-state index contributed by atoms with van der Waals surface area (Å²) < 4.78 is 8.67. The Bertz CT molecular complexity index is 833. The summed E-state index contributed by atoms with van der Waals surface area (Å²) in [5, 5.41) is 8.61. The molecule has 6 nitrogen and oxygen atoms in total. The number of hydrogen-bond acceptors (Lipinski definition) is 3. The molecule has 2 atom stereocenters. The van der Waals surface area contributed by atoms with E-state index < -0.39 is 5.97 Å². The normalized spacial score (nSPS) is 12.4. The smallest absolute Gasteiger partial charge is 0.382 e. The highest BCUT2D eigenvalue weighted by Crippen LogP contribution is 2.16. The number of aromatic nitrogens is 2. The van der Waals surface area contributed by atoms with Gasteiger partial charge in [-0.3, -0.25) is 0 Å². The summed E-state index contributed by atoms with van der Waals surface area (Å²) in [5.74, 6) is 3.40. The summed E-state index contributed by atoms with van der Waals surface area (Å²) in [7, 11) is 0. The Kier molecular flexibility index (Phi) is 6.45. The molecule has 0 aromatic carbocycles. The van der Waals surface area contributed by atoms with Crippen LogP contribution in [0.2, 0.25) is 0 Å². The van der Waals surface area contributed by atoms with Crippen LogP contribution in [0.1, 0.15) is 32.9 Å². The quantitative estimate of drug-likeness (QED) is 0.504. The van der Waals surface area contributed by atoms with E-state index >= 15 is 0 Å². The molecule has 2 rings (SSSR count). The summed E-state index contributed by atoms with van der Waals surface area (Å²) in [6, 6.07) is 7.13. The predicted molar refractivity (Wildman–Crippen MR) is 93.7 cm³/mol. The maximum absolute atomic E-state index is 11.8. The van der Waals surface area contributed by atoms with Crippen LogP contribution in [-0.4, -0.2) is 23.7 Å². The van der Waals surface area contributed by atoms with Gasteiger partial charge in [-0.05, 0) is 24.0 Å². The van der Waals surface area contributed by atoms with E-state index in [1.807, 2.05) is 60.5 Å². The van der Waals surface area contributed by atoms with Gasteiger partial charge in [-0.25, -0.2) is 9.59 Å². The highest BCUT2D eigenvalue weighted by Gasteiger charge is 2.23. The number of esters is 1. The molecule has 0 bridgehead atoms. The average Bonchev–Trinajstić information content (AvgIpc) is 2.66. The van der Waals surface area contributed by atoms with Crippen LogP contribution < -0.4 is 9.13 Å². The third-order valence-electron chi connectivity index (χ3n) is 3.95. The Morgan fingerprint density at radius 3 is 2.00 bits per heavy atom. The zero-order valence-corrected chi connectivity index (χ0v) is 15.0. The second-order valence-electron chi connectivity index (χ2n) is 5.75. The first-order valence-electron chi connectivity index (χ1n) is 8.35. The zero-order chi connectivity index (χ0) is 19.1. The molecule has 6 heteroatoms. The van der Waals surface area contributed by atoms with Crippen molar-refractivity contribution in [1.82, 2.24) is 0 Å². The van der Waals surface area contributed by atoms with E-state index in [0.717, 1.165) is 11.1 Å². The molecule has 0 aliphatic rings. The lowest BCUT2D eigenvalue weighted by molar-refractivity contribution is -0.707. The van der Waals surface area contributed by atoms with Gasteiger partial charge >= 0.3 is 11.9 Å². The molecule has 0 radical (unpaired) electrons. The van der Waals surface area contributed by atoms with Gasteiger partial charge in [0, 0.05) is 44.0 Å². The van der Waals surface area contributed by atoms with Gasteiger partial charge in [-0.15, -0.1) is 0 Å². The first-order chi connectivity index (χ1) is 12.4. The lowest BCUT2D eigenvalue weighted by atomic mass is 10.1. The van der Waals surface area contributed by atoms with Crippen molar-refractivity contribution in [1.29, 1.82) is 0 Å². The number of ether oxygens (including phenoxy) is 1. The van der Waals surface area contributed by atoms with Crippen molar-refractivity contribution in [3.8, 4) is 23.0 Å². The van der Waals surface area contributed by atoms with E-state index in [1.165, 1.54) is 0 Å². The largest absolute Gasteiger partial charge is 0.472 e. The van der Waals surface area contributed by atoms with Gasteiger partial charge in [0.1, 0.15) is 0 Å². The second kappa shape index (κ2) is 8.77. The number of carbonyl (C=O) groups excluding carboxylic acids is 1. The fraction of sp³-hybridized carbons (Fsp3) is 0.300.